The molecule has 1 amide bonds. The number of piperazine rings is 1. The van der Waals surface area contributed by atoms with Crippen molar-refractivity contribution in [1.82, 2.24) is 14.1 Å². The van der Waals surface area contributed by atoms with Gasteiger partial charge in [0.2, 0.25) is 15.9 Å². The van der Waals surface area contributed by atoms with Gasteiger partial charge in [0.1, 0.15) is 5.82 Å². The Kier molecular flexibility index (Phi) is 7.89. The Hall–Kier alpha value is -2.04. The zero-order valence-electron chi connectivity index (χ0n) is 18.4. The van der Waals surface area contributed by atoms with Gasteiger partial charge in [-0.3, -0.25) is 14.6 Å². The van der Waals surface area contributed by atoms with E-state index in [-0.39, 0.29) is 23.2 Å². The second-order valence-electron chi connectivity index (χ2n) is 8.10. The lowest BCUT2D eigenvalue weighted by molar-refractivity contribution is -0.117. The Balaban J connectivity index is 1.53. The quantitative estimate of drug-likeness (QED) is 0.657. The number of aryl methyl sites for hydroxylation is 1. The Morgan fingerprint density at radius 2 is 1.75 bits per heavy atom. The van der Waals surface area contributed by atoms with Crippen LogP contribution < -0.4 is 5.32 Å². The summed E-state index contributed by atoms with van der Waals surface area (Å²) < 4.78 is 39.3. The molecule has 10 heteroatoms. The Bertz CT molecular complexity index is 1090. The molecule has 0 aliphatic carbocycles. The fourth-order valence-electron chi connectivity index (χ4n) is 3.55. The van der Waals surface area contributed by atoms with Crippen LogP contribution in [0.25, 0.3) is 0 Å². The maximum absolute atomic E-state index is 13.2. The van der Waals surface area contributed by atoms with Gasteiger partial charge in [-0.25, -0.2) is 17.1 Å². The molecular weight excluding hydrogens is 455 g/mol. The van der Waals surface area contributed by atoms with Crippen LogP contribution in [0.5, 0.6) is 0 Å². The minimum absolute atomic E-state index is 0.174. The maximum atomic E-state index is 13.2. The van der Waals surface area contributed by atoms with Gasteiger partial charge in [-0.15, -0.1) is 0 Å². The molecule has 1 saturated heterocycles. The van der Waals surface area contributed by atoms with E-state index in [4.69, 9.17) is 11.6 Å². The lowest BCUT2D eigenvalue weighted by atomic mass is 10.2. The summed E-state index contributed by atoms with van der Waals surface area (Å²) in [6, 6.07) is 9.30. The summed E-state index contributed by atoms with van der Waals surface area (Å²) in [5.41, 5.74) is 1.95. The van der Waals surface area contributed by atoms with Crippen LogP contribution in [0.3, 0.4) is 0 Å². The standard InChI is InChI=1S/C22H28ClFN4O3S/c1-16-4-7-19(13-21(16)32(30,31)26(2)3)25-22(29)15-28-10-8-27(9-11-28)14-17-5-6-18(24)12-20(17)23/h4-7,12-13H,8-11,14-15H2,1-3H3,(H,25,29). The minimum atomic E-state index is -3.59. The molecule has 0 radical (unpaired) electrons. The molecule has 1 heterocycles. The van der Waals surface area contributed by atoms with Crippen LogP contribution in [0.15, 0.2) is 41.3 Å². The van der Waals surface area contributed by atoms with E-state index in [9.17, 15) is 17.6 Å². The number of rotatable bonds is 7. The van der Waals surface area contributed by atoms with Crippen molar-refractivity contribution in [3.63, 3.8) is 0 Å². The van der Waals surface area contributed by atoms with Crippen LogP contribution in [-0.4, -0.2) is 75.2 Å². The van der Waals surface area contributed by atoms with Crippen molar-refractivity contribution in [1.29, 1.82) is 0 Å². The highest BCUT2D eigenvalue weighted by Crippen LogP contribution is 2.23. The predicted molar refractivity (Wildman–Crippen MR) is 124 cm³/mol. The summed E-state index contributed by atoms with van der Waals surface area (Å²) in [5.74, 6) is -0.549. The molecule has 3 rings (SSSR count). The normalized spacial score (nSPS) is 15.8. The molecule has 2 aromatic rings. The highest BCUT2D eigenvalue weighted by Gasteiger charge is 2.22. The van der Waals surface area contributed by atoms with Crippen LogP contribution in [0.1, 0.15) is 11.1 Å². The molecule has 1 aliphatic rings. The highest BCUT2D eigenvalue weighted by atomic mass is 35.5. The molecule has 7 nitrogen and oxygen atoms in total. The van der Waals surface area contributed by atoms with Gasteiger partial charge in [-0.2, -0.15) is 0 Å². The van der Waals surface area contributed by atoms with Gasteiger partial charge in [0.25, 0.3) is 0 Å². The predicted octanol–water partition coefficient (Wildman–Crippen LogP) is 2.79. The van der Waals surface area contributed by atoms with Crippen molar-refractivity contribution in [2.24, 2.45) is 0 Å². The molecule has 174 valence electrons. The first-order chi connectivity index (χ1) is 15.1. The topological polar surface area (TPSA) is 73.0 Å². The third-order valence-electron chi connectivity index (χ3n) is 5.47. The molecule has 0 bridgehead atoms. The second-order valence-corrected chi connectivity index (χ2v) is 10.6. The van der Waals surface area contributed by atoms with E-state index in [0.717, 1.165) is 23.0 Å². The van der Waals surface area contributed by atoms with Gasteiger partial charge < -0.3 is 5.32 Å². The minimum Gasteiger partial charge on any atom is -0.325 e. The number of nitrogens with one attached hydrogen (secondary N) is 1. The number of halogens is 2. The lowest BCUT2D eigenvalue weighted by Gasteiger charge is -2.34. The van der Waals surface area contributed by atoms with E-state index in [0.29, 0.717) is 35.9 Å². The van der Waals surface area contributed by atoms with E-state index in [1.54, 1.807) is 25.1 Å². The SMILES string of the molecule is Cc1ccc(NC(=O)CN2CCN(Cc3ccc(F)cc3Cl)CC2)cc1S(=O)(=O)N(C)C. The van der Waals surface area contributed by atoms with Crippen LogP contribution in [-0.2, 0) is 21.4 Å². The van der Waals surface area contributed by atoms with E-state index < -0.39 is 10.0 Å². The number of carbonyl (C=O) groups is 1. The zero-order chi connectivity index (χ0) is 23.5. The number of benzene rings is 2. The first-order valence-electron chi connectivity index (χ1n) is 10.3. The fourth-order valence-corrected chi connectivity index (χ4v) is 4.92. The first kappa shape index (κ1) is 24.6. The lowest BCUT2D eigenvalue weighted by Crippen LogP contribution is -2.48. The van der Waals surface area contributed by atoms with Crippen LogP contribution in [0.2, 0.25) is 5.02 Å². The van der Waals surface area contributed by atoms with Gasteiger partial charge in [0, 0.05) is 57.5 Å². The van der Waals surface area contributed by atoms with Gasteiger partial charge in [0.05, 0.1) is 11.4 Å². The molecule has 32 heavy (non-hydrogen) atoms. The average molecular weight is 483 g/mol. The molecule has 0 saturated carbocycles. The zero-order valence-corrected chi connectivity index (χ0v) is 20.0. The number of nitrogens with zero attached hydrogens (tertiary/aromatic N) is 3. The van der Waals surface area contributed by atoms with E-state index in [1.165, 1.54) is 32.3 Å². The molecule has 0 aromatic heterocycles. The number of hydrogen-bond acceptors (Lipinski definition) is 5. The van der Waals surface area contributed by atoms with E-state index in [2.05, 4.69) is 10.2 Å². The number of amides is 1. The summed E-state index contributed by atoms with van der Waals surface area (Å²) in [7, 11) is -0.643. The Morgan fingerprint density at radius 1 is 1.09 bits per heavy atom. The summed E-state index contributed by atoms with van der Waals surface area (Å²) in [6.45, 7) is 5.51. The van der Waals surface area contributed by atoms with E-state index >= 15 is 0 Å². The van der Waals surface area contributed by atoms with Crippen molar-refractivity contribution in [2.75, 3.05) is 52.1 Å². The first-order valence-corrected chi connectivity index (χ1v) is 12.1. The maximum Gasteiger partial charge on any atom is 0.242 e. The summed E-state index contributed by atoms with van der Waals surface area (Å²) >= 11 is 6.12. The average Bonchev–Trinajstić information content (AvgIpc) is 2.72. The van der Waals surface area contributed by atoms with Crippen molar-refractivity contribution in [3.8, 4) is 0 Å². The number of hydrogen-bond donors (Lipinski definition) is 1. The monoisotopic (exact) mass is 482 g/mol. The largest absolute Gasteiger partial charge is 0.325 e. The van der Waals surface area contributed by atoms with Crippen LogP contribution in [0, 0.1) is 12.7 Å². The molecule has 0 unspecified atom stereocenters. The highest BCUT2D eigenvalue weighted by molar-refractivity contribution is 7.89. The molecule has 0 atom stereocenters. The summed E-state index contributed by atoms with van der Waals surface area (Å²) in [4.78, 5) is 17.0. The van der Waals surface area contributed by atoms with Crippen molar-refractivity contribution >= 4 is 33.2 Å². The number of anilines is 1. The third kappa shape index (κ3) is 6.05. The second kappa shape index (κ2) is 10.3. The molecular formula is C22H28ClFN4O3S. The van der Waals surface area contributed by atoms with Crippen molar-refractivity contribution in [2.45, 2.75) is 18.4 Å². The van der Waals surface area contributed by atoms with Crippen molar-refractivity contribution in [3.05, 3.63) is 58.4 Å². The van der Waals surface area contributed by atoms with E-state index in [1.807, 2.05) is 4.90 Å². The molecule has 1 aliphatic heterocycles. The summed E-state index contributed by atoms with van der Waals surface area (Å²) in [6.07, 6.45) is 0. The summed E-state index contributed by atoms with van der Waals surface area (Å²) in [5, 5.41) is 3.22. The van der Waals surface area contributed by atoms with Gasteiger partial charge in [0.15, 0.2) is 0 Å². The van der Waals surface area contributed by atoms with Crippen LogP contribution >= 0.6 is 11.6 Å². The Labute approximate surface area is 193 Å². The smallest absolute Gasteiger partial charge is 0.242 e. The number of carbonyl (C=O) groups excluding carboxylic acids is 1. The number of sulfonamides is 1. The van der Waals surface area contributed by atoms with Gasteiger partial charge >= 0.3 is 0 Å². The molecule has 2 aromatic carbocycles. The van der Waals surface area contributed by atoms with Crippen molar-refractivity contribution < 1.29 is 17.6 Å². The third-order valence-corrected chi connectivity index (χ3v) is 7.78. The van der Waals surface area contributed by atoms with Crippen LogP contribution in [0.4, 0.5) is 10.1 Å². The molecule has 0 spiro atoms. The fraction of sp³-hybridized carbons (Fsp3) is 0.409. The molecule has 1 fully saturated rings. The van der Waals surface area contributed by atoms with Gasteiger partial charge in [-0.05, 0) is 42.3 Å². The Morgan fingerprint density at radius 3 is 2.38 bits per heavy atom. The molecule has 1 N–H and O–H groups in total. The van der Waals surface area contributed by atoms with Gasteiger partial charge in [-0.1, -0.05) is 23.7 Å².